The molecule has 1 unspecified atom stereocenters. The minimum Gasteiger partial charge on any atom is -0.497 e. The molecule has 0 aromatic heterocycles. The van der Waals surface area contributed by atoms with Gasteiger partial charge in [0, 0.05) is 12.3 Å². The molecule has 1 N–H and O–H groups in total. The molecule has 76 valence electrons. The molecule has 0 aromatic carbocycles. The summed E-state index contributed by atoms with van der Waals surface area (Å²) in [5, 5.41) is 9.82. The summed E-state index contributed by atoms with van der Waals surface area (Å²) in [6, 6.07) is 0. The normalized spacial score (nSPS) is 24.1. The lowest BCUT2D eigenvalue weighted by Crippen LogP contribution is -2.26. The van der Waals surface area contributed by atoms with Crippen LogP contribution in [0.1, 0.15) is 34.1 Å². The molecule has 2 heteroatoms. The van der Waals surface area contributed by atoms with Crippen LogP contribution < -0.4 is 0 Å². The minimum atomic E-state index is -0.286. The van der Waals surface area contributed by atoms with Gasteiger partial charge in [0.25, 0.3) is 0 Å². The van der Waals surface area contributed by atoms with Crippen molar-refractivity contribution >= 4 is 0 Å². The second kappa shape index (κ2) is 4.14. The smallest absolute Gasteiger partial charge is 0.100 e. The van der Waals surface area contributed by atoms with Gasteiger partial charge in [-0.05, 0) is 11.5 Å². The third-order valence-electron chi connectivity index (χ3n) is 2.44. The predicted octanol–water partition coefficient (Wildman–Crippen LogP) is 2.33. The highest BCUT2D eigenvalue weighted by Crippen LogP contribution is 2.30. The van der Waals surface area contributed by atoms with Crippen molar-refractivity contribution in [3.63, 3.8) is 0 Å². The third kappa shape index (κ3) is 2.25. The van der Waals surface area contributed by atoms with Crippen LogP contribution in [-0.2, 0) is 4.74 Å². The maximum Gasteiger partial charge on any atom is 0.100 e. The first-order valence-corrected chi connectivity index (χ1v) is 5.08. The molecule has 2 nitrogen and oxygen atoms in total. The van der Waals surface area contributed by atoms with Crippen LogP contribution in [0.5, 0.6) is 0 Å². The highest BCUT2D eigenvalue weighted by Gasteiger charge is 2.26. The van der Waals surface area contributed by atoms with Crippen LogP contribution in [-0.4, -0.2) is 17.8 Å². The zero-order chi connectivity index (χ0) is 10.0. The van der Waals surface area contributed by atoms with E-state index in [-0.39, 0.29) is 6.10 Å². The van der Waals surface area contributed by atoms with Gasteiger partial charge in [0.1, 0.15) is 5.76 Å². The van der Waals surface area contributed by atoms with E-state index in [1.165, 1.54) is 0 Å². The lowest BCUT2D eigenvalue weighted by atomic mass is 9.89. The van der Waals surface area contributed by atoms with Gasteiger partial charge in [-0.25, -0.2) is 0 Å². The molecule has 0 saturated heterocycles. The molecular formula is C11H20O2. The summed E-state index contributed by atoms with van der Waals surface area (Å²) in [7, 11) is 0. The van der Waals surface area contributed by atoms with Gasteiger partial charge in [-0.1, -0.05) is 27.7 Å². The summed E-state index contributed by atoms with van der Waals surface area (Å²) in [5.74, 6) is 1.77. The Balaban J connectivity index is 2.97. The highest BCUT2D eigenvalue weighted by molar-refractivity contribution is 5.19. The van der Waals surface area contributed by atoms with Crippen LogP contribution in [0, 0.1) is 11.8 Å². The quantitative estimate of drug-likeness (QED) is 0.713. The lowest BCUT2D eigenvalue weighted by Gasteiger charge is -2.30. The molecule has 0 fully saturated rings. The predicted molar refractivity (Wildman–Crippen MR) is 53.3 cm³/mol. The van der Waals surface area contributed by atoms with Crippen LogP contribution in [0.3, 0.4) is 0 Å². The van der Waals surface area contributed by atoms with Gasteiger partial charge in [0.15, 0.2) is 0 Å². The molecule has 0 amide bonds. The van der Waals surface area contributed by atoms with Crippen LogP contribution in [0.2, 0.25) is 0 Å². The van der Waals surface area contributed by atoms with E-state index >= 15 is 0 Å². The van der Waals surface area contributed by atoms with Gasteiger partial charge in [0.2, 0.25) is 0 Å². The van der Waals surface area contributed by atoms with E-state index in [0.717, 1.165) is 17.8 Å². The molecule has 0 bridgehead atoms. The molecule has 1 aliphatic heterocycles. The van der Waals surface area contributed by atoms with E-state index < -0.39 is 0 Å². The van der Waals surface area contributed by atoms with Crippen molar-refractivity contribution in [1.29, 1.82) is 0 Å². The number of aliphatic hydroxyl groups is 1. The molecule has 0 aliphatic carbocycles. The Bertz CT molecular complexity index is 204. The minimum absolute atomic E-state index is 0.286. The van der Waals surface area contributed by atoms with E-state index in [2.05, 4.69) is 27.7 Å². The maximum atomic E-state index is 9.82. The van der Waals surface area contributed by atoms with Gasteiger partial charge in [0.05, 0.1) is 12.7 Å². The van der Waals surface area contributed by atoms with E-state index in [1.807, 2.05) is 0 Å². The second-order valence-electron chi connectivity index (χ2n) is 4.28. The monoisotopic (exact) mass is 184 g/mol. The van der Waals surface area contributed by atoms with Crippen LogP contribution in [0.25, 0.3) is 0 Å². The van der Waals surface area contributed by atoms with E-state index in [0.29, 0.717) is 18.4 Å². The van der Waals surface area contributed by atoms with Crippen molar-refractivity contribution in [3.8, 4) is 0 Å². The van der Waals surface area contributed by atoms with Crippen LogP contribution in [0.4, 0.5) is 0 Å². The molecule has 0 radical (unpaired) electrons. The molecule has 1 atom stereocenters. The topological polar surface area (TPSA) is 29.5 Å². The summed E-state index contributed by atoms with van der Waals surface area (Å²) in [4.78, 5) is 0. The fourth-order valence-corrected chi connectivity index (χ4v) is 1.85. The number of rotatable bonds is 2. The molecule has 0 aromatic rings. The molecule has 1 rings (SSSR count). The lowest BCUT2D eigenvalue weighted by molar-refractivity contribution is 0.0800. The Morgan fingerprint density at radius 1 is 1.23 bits per heavy atom. The fraction of sp³-hybridized carbons (Fsp3) is 0.818. The average molecular weight is 184 g/mol. The van der Waals surface area contributed by atoms with Gasteiger partial charge in [-0.3, -0.25) is 0 Å². The van der Waals surface area contributed by atoms with Crippen molar-refractivity contribution in [2.75, 3.05) is 6.61 Å². The number of aliphatic hydroxyl groups excluding tert-OH is 1. The van der Waals surface area contributed by atoms with Gasteiger partial charge in [-0.2, -0.15) is 0 Å². The van der Waals surface area contributed by atoms with Crippen molar-refractivity contribution in [2.24, 2.45) is 11.8 Å². The summed E-state index contributed by atoms with van der Waals surface area (Å²) in [6.45, 7) is 9.08. The van der Waals surface area contributed by atoms with Crippen molar-refractivity contribution in [1.82, 2.24) is 0 Å². The molecule has 0 saturated carbocycles. The highest BCUT2D eigenvalue weighted by atomic mass is 16.5. The Morgan fingerprint density at radius 3 is 2.23 bits per heavy atom. The third-order valence-corrected chi connectivity index (χ3v) is 2.44. The molecule has 1 heterocycles. The second-order valence-corrected chi connectivity index (χ2v) is 4.28. The number of allylic oxidation sites excluding steroid dienone is 1. The zero-order valence-electron chi connectivity index (χ0n) is 9.00. The van der Waals surface area contributed by atoms with Gasteiger partial charge in [-0.15, -0.1) is 0 Å². The van der Waals surface area contributed by atoms with Crippen molar-refractivity contribution < 1.29 is 9.84 Å². The first-order valence-electron chi connectivity index (χ1n) is 5.08. The number of ether oxygens (including phenoxy) is 1. The number of hydrogen-bond acceptors (Lipinski definition) is 2. The number of hydrogen-bond donors (Lipinski definition) is 1. The van der Waals surface area contributed by atoms with Crippen LogP contribution in [0.15, 0.2) is 11.3 Å². The van der Waals surface area contributed by atoms with Crippen molar-refractivity contribution in [2.45, 2.75) is 40.2 Å². The largest absolute Gasteiger partial charge is 0.497 e. The van der Waals surface area contributed by atoms with E-state index in [9.17, 15) is 5.11 Å². The summed E-state index contributed by atoms with van der Waals surface area (Å²) in [5.41, 5.74) is 1.10. The summed E-state index contributed by atoms with van der Waals surface area (Å²) < 4.78 is 5.60. The fourth-order valence-electron chi connectivity index (χ4n) is 1.85. The Hall–Kier alpha value is -0.500. The van der Waals surface area contributed by atoms with Crippen molar-refractivity contribution in [3.05, 3.63) is 11.3 Å². The first kappa shape index (κ1) is 10.6. The SMILES string of the molecule is CC(C)C1=C(C(C)C)C(O)CCO1. The molecule has 0 spiro atoms. The molecule has 1 aliphatic rings. The Labute approximate surface area is 80.6 Å². The van der Waals surface area contributed by atoms with E-state index in [1.54, 1.807) is 0 Å². The van der Waals surface area contributed by atoms with E-state index in [4.69, 9.17) is 4.74 Å². The first-order chi connectivity index (χ1) is 6.04. The maximum absolute atomic E-state index is 9.82. The van der Waals surface area contributed by atoms with Gasteiger partial charge < -0.3 is 9.84 Å². The van der Waals surface area contributed by atoms with Gasteiger partial charge >= 0.3 is 0 Å². The zero-order valence-corrected chi connectivity index (χ0v) is 9.00. The summed E-state index contributed by atoms with van der Waals surface area (Å²) >= 11 is 0. The molecular weight excluding hydrogens is 164 g/mol. The Kier molecular flexibility index (Phi) is 3.37. The average Bonchev–Trinajstić information content (AvgIpc) is 2.02. The Morgan fingerprint density at radius 2 is 1.85 bits per heavy atom. The van der Waals surface area contributed by atoms with Crippen LogP contribution >= 0.6 is 0 Å². The molecule has 13 heavy (non-hydrogen) atoms. The standard InChI is InChI=1S/C11H20O2/c1-7(2)10-9(12)5-6-13-11(10)8(3)4/h7-9,12H,5-6H2,1-4H3. The summed E-state index contributed by atoms with van der Waals surface area (Å²) in [6.07, 6.45) is 0.454.